The van der Waals surface area contributed by atoms with E-state index >= 15 is 0 Å². The molecule has 0 aromatic carbocycles. The van der Waals surface area contributed by atoms with E-state index in [2.05, 4.69) is 19.2 Å². The molecule has 0 spiro atoms. The van der Waals surface area contributed by atoms with Crippen LogP contribution in [-0.4, -0.2) is 25.8 Å². The molecule has 1 heterocycles. The Kier molecular flexibility index (Phi) is 6.20. The van der Waals surface area contributed by atoms with Crippen LogP contribution in [0.25, 0.3) is 0 Å². The largest absolute Gasteiger partial charge is 0.378 e. The molecule has 1 fully saturated rings. The molecule has 0 aromatic heterocycles. The van der Waals surface area contributed by atoms with Crippen molar-refractivity contribution in [2.75, 3.05) is 19.7 Å². The van der Waals surface area contributed by atoms with Crippen molar-refractivity contribution in [3.63, 3.8) is 0 Å². The van der Waals surface area contributed by atoms with Crippen LogP contribution in [0.15, 0.2) is 0 Å². The van der Waals surface area contributed by atoms with E-state index in [9.17, 15) is 0 Å². The van der Waals surface area contributed by atoms with Crippen molar-refractivity contribution < 1.29 is 4.74 Å². The van der Waals surface area contributed by atoms with Crippen molar-refractivity contribution in [1.29, 1.82) is 0 Å². The summed E-state index contributed by atoms with van der Waals surface area (Å²) in [4.78, 5) is 0. The number of hydrogen-bond acceptors (Lipinski definition) is 2. The number of nitrogens with one attached hydrogen (secondary N) is 1. The van der Waals surface area contributed by atoms with E-state index in [-0.39, 0.29) is 0 Å². The lowest BCUT2D eigenvalue weighted by atomic mass is 9.97. The molecule has 1 N–H and O–H groups in total. The summed E-state index contributed by atoms with van der Waals surface area (Å²) < 4.78 is 5.66. The Balaban J connectivity index is 2.10. The van der Waals surface area contributed by atoms with E-state index in [0.29, 0.717) is 6.10 Å². The summed E-state index contributed by atoms with van der Waals surface area (Å²) >= 11 is 0. The summed E-state index contributed by atoms with van der Waals surface area (Å²) in [7, 11) is 0. The number of rotatable bonds is 7. The van der Waals surface area contributed by atoms with Crippen molar-refractivity contribution in [3.8, 4) is 0 Å². The zero-order valence-electron chi connectivity index (χ0n) is 9.72. The molecular formula is C12H25NO. The third kappa shape index (κ3) is 4.43. The second kappa shape index (κ2) is 7.24. The predicted octanol–water partition coefficient (Wildman–Crippen LogP) is 2.58. The van der Waals surface area contributed by atoms with Crippen molar-refractivity contribution in [1.82, 2.24) is 5.32 Å². The zero-order valence-corrected chi connectivity index (χ0v) is 9.72. The van der Waals surface area contributed by atoms with E-state index < -0.39 is 0 Å². The molecule has 84 valence electrons. The van der Waals surface area contributed by atoms with Crippen molar-refractivity contribution in [3.05, 3.63) is 0 Å². The molecule has 0 aliphatic carbocycles. The van der Waals surface area contributed by atoms with E-state index in [4.69, 9.17) is 4.74 Å². The van der Waals surface area contributed by atoms with Gasteiger partial charge in [0.05, 0.1) is 6.10 Å². The monoisotopic (exact) mass is 199 g/mol. The second-order valence-electron chi connectivity index (χ2n) is 4.35. The highest BCUT2D eigenvalue weighted by Crippen LogP contribution is 2.21. The Labute approximate surface area is 88.4 Å². The lowest BCUT2D eigenvalue weighted by Gasteiger charge is -2.19. The van der Waals surface area contributed by atoms with Gasteiger partial charge in [-0.15, -0.1) is 0 Å². The predicted molar refractivity (Wildman–Crippen MR) is 60.5 cm³/mol. The van der Waals surface area contributed by atoms with Crippen molar-refractivity contribution in [2.24, 2.45) is 5.92 Å². The molecule has 2 atom stereocenters. The minimum Gasteiger partial charge on any atom is -0.378 e. The first-order chi connectivity index (χ1) is 6.86. The SMILES string of the molecule is CCCNCC(CC)CC1CCCO1. The average Bonchev–Trinajstić information content (AvgIpc) is 2.69. The molecule has 1 rings (SSSR count). The summed E-state index contributed by atoms with van der Waals surface area (Å²) in [5, 5.41) is 3.50. The molecule has 0 aromatic rings. The van der Waals surface area contributed by atoms with Crippen LogP contribution in [0.2, 0.25) is 0 Å². The van der Waals surface area contributed by atoms with Crippen LogP contribution in [0.4, 0.5) is 0 Å². The van der Waals surface area contributed by atoms with Crippen LogP contribution in [-0.2, 0) is 4.74 Å². The zero-order chi connectivity index (χ0) is 10.2. The maximum absolute atomic E-state index is 5.66. The third-order valence-corrected chi connectivity index (χ3v) is 3.06. The fourth-order valence-electron chi connectivity index (χ4n) is 2.08. The highest BCUT2D eigenvalue weighted by Gasteiger charge is 2.19. The summed E-state index contributed by atoms with van der Waals surface area (Å²) in [5.41, 5.74) is 0. The van der Waals surface area contributed by atoms with Gasteiger partial charge in [0.2, 0.25) is 0 Å². The molecule has 0 saturated carbocycles. The molecular weight excluding hydrogens is 174 g/mol. The maximum atomic E-state index is 5.66. The van der Waals surface area contributed by atoms with Gasteiger partial charge in [-0.3, -0.25) is 0 Å². The van der Waals surface area contributed by atoms with Gasteiger partial charge in [-0.05, 0) is 44.7 Å². The van der Waals surface area contributed by atoms with Crippen LogP contribution in [0.5, 0.6) is 0 Å². The van der Waals surface area contributed by atoms with Gasteiger partial charge in [0.25, 0.3) is 0 Å². The maximum Gasteiger partial charge on any atom is 0.0579 e. The fourth-order valence-corrected chi connectivity index (χ4v) is 2.08. The second-order valence-corrected chi connectivity index (χ2v) is 4.35. The van der Waals surface area contributed by atoms with Gasteiger partial charge in [0.1, 0.15) is 0 Å². The van der Waals surface area contributed by atoms with Gasteiger partial charge >= 0.3 is 0 Å². The molecule has 0 radical (unpaired) electrons. The van der Waals surface area contributed by atoms with Crippen molar-refractivity contribution >= 4 is 0 Å². The van der Waals surface area contributed by atoms with Gasteiger partial charge in [0, 0.05) is 6.61 Å². The molecule has 0 bridgehead atoms. The van der Waals surface area contributed by atoms with Gasteiger partial charge < -0.3 is 10.1 Å². The van der Waals surface area contributed by atoms with E-state index in [1.54, 1.807) is 0 Å². The fraction of sp³-hybridized carbons (Fsp3) is 1.00. The Hall–Kier alpha value is -0.0800. The third-order valence-electron chi connectivity index (χ3n) is 3.06. The van der Waals surface area contributed by atoms with E-state index in [1.165, 1.54) is 38.6 Å². The van der Waals surface area contributed by atoms with Gasteiger partial charge in [-0.2, -0.15) is 0 Å². The van der Waals surface area contributed by atoms with Gasteiger partial charge in [0.15, 0.2) is 0 Å². The first kappa shape index (κ1) is 12.0. The minimum atomic E-state index is 0.559. The highest BCUT2D eigenvalue weighted by atomic mass is 16.5. The van der Waals surface area contributed by atoms with Gasteiger partial charge in [-0.25, -0.2) is 0 Å². The van der Waals surface area contributed by atoms with Crippen LogP contribution >= 0.6 is 0 Å². The molecule has 2 unspecified atom stereocenters. The number of hydrogen-bond donors (Lipinski definition) is 1. The summed E-state index contributed by atoms with van der Waals surface area (Å²) in [6.45, 7) is 7.82. The lowest BCUT2D eigenvalue weighted by Crippen LogP contribution is -2.26. The lowest BCUT2D eigenvalue weighted by molar-refractivity contribution is 0.0887. The molecule has 1 saturated heterocycles. The van der Waals surface area contributed by atoms with E-state index in [0.717, 1.165) is 19.1 Å². The van der Waals surface area contributed by atoms with Crippen LogP contribution in [0.3, 0.4) is 0 Å². The van der Waals surface area contributed by atoms with Crippen LogP contribution < -0.4 is 5.32 Å². The first-order valence-electron chi connectivity index (χ1n) is 6.19. The van der Waals surface area contributed by atoms with Gasteiger partial charge in [-0.1, -0.05) is 20.3 Å². The minimum absolute atomic E-state index is 0.559. The standard InChI is InChI=1S/C12H25NO/c1-3-7-13-10-11(4-2)9-12-6-5-8-14-12/h11-13H,3-10H2,1-2H3. The molecule has 2 nitrogen and oxygen atoms in total. The molecule has 0 amide bonds. The summed E-state index contributed by atoms with van der Waals surface area (Å²) in [6.07, 6.45) is 6.87. The Bertz CT molecular complexity index is 132. The Morgan fingerprint density at radius 1 is 1.43 bits per heavy atom. The molecule has 1 aliphatic heterocycles. The number of ether oxygens (including phenoxy) is 1. The Morgan fingerprint density at radius 3 is 2.86 bits per heavy atom. The molecule has 2 heteroatoms. The molecule has 14 heavy (non-hydrogen) atoms. The van der Waals surface area contributed by atoms with E-state index in [1.807, 2.05) is 0 Å². The quantitative estimate of drug-likeness (QED) is 0.636. The first-order valence-corrected chi connectivity index (χ1v) is 6.19. The topological polar surface area (TPSA) is 21.3 Å². The normalized spacial score (nSPS) is 24.0. The summed E-state index contributed by atoms with van der Waals surface area (Å²) in [5.74, 6) is 0.810. The summed E-state index contributed by atoms with van der Waals surface area (Å²) in [6, 6.07) is 0. The highest BCUT2D eigenvalue weighted by molar-refractivity contribution is 4.71. The van der Waals surface area contributed by atoms with Crippen LogP contribution in [0, 0.1) is 5.92 Å². The molecule has 1 aliphatic rings. The average molecular weight is 199 g/mol. The van der Waals surface area contributed by atoms with Crippen LogP contribution in [0.1, 0.15) is 46.0 Å². The van der Waals surface area contributed by atoms with Crippen molar-refractivity contribution in [2.45, 2.75) is 52.1 Å². The smallest absolute Gasteiger partial charge is 0.0579 e. The Morgan fingerprint density at radius 2 is 2.29 bits per heavy atom.